The molecule has 2 unspecified atom stereocenters. The molecule has 3 amide bonds. The lowest BCUT2D eigenvalue weighted by atomic mass is 9.67. The maximum atomic E-state index is 14.7. The number of hydrogen-bond donors (Lipinski definition) is 1. The minimum absolute atomic E-state index is 0.405. The molecule has 1 heterocycles. The summed E-state index contributed by atoms with van der Waals surface area (Å²) in [6, 6.07) is 24.6. The Kier molecular flexibility index (Phi) is 7.06. The van der Waals surface area contributed by atoms with Crippen LogP contribution in [-0.2, 0) is 19.7 Å². The Bertz CT molecular complexity index is 1330. The zero-order chi connectivity index (χ0) is 27.7. The van der Waals surface area contributed by atoms with E-state index in [9.17, 15) is 14.4 Å². The number of carbonyl (C=O) groups is 3. The van der Waals surface area contributed by atoms with Crippen molar-refractivity contribution in [3.05, 3.63) is 102 Å². The van der Waals surface area contributed by atoms with Gasteiger partial charge in [0.1, 0.15) is 16.6 Å². The van der Waals surface area contributed by atoms with Crippen molar-refractivity contribution in [3.63, 3.8) is 0 Å². The fourth-order valence-electron chi connectivity index (χ4n) is 4.83. The molecule has 4 rings (SSSR count). The van der Waals surface area contributed by atoms with Crippen molar-refractivity contribution < 1.29 is 23.9 Å². The number of nitrogens with zero attached hydrogens (tertiary/aromatic N) is 1. The van der Waals surface area contributed by atoms with E-state index < -0.39 is 40.8 Å². The summed E-state index contributed by atoms with van der Waals surface area (Å²) < 4.78 is 11.3. The molecule has 0 fully saturated rings. The Morgan fingerprint density at radius 3 is 1.87 bits per heavy atom. The van der Waals surface area contributed by atoms with Crippen LogP contribution in [0.15, 0.2) is 84.9 Å². The average Bonchev–Trinajstić information content (AvgIpc) is 3.10. The van der Waals surface area contributed by atoms with Crippen LogP contribution in [0.5, 0.6) is 0 Å². The van der Waals surface area contributed by atoms with Crippen LogP contribution in [-0.4, -0.2) is 29.3 Å². The van der Waals surface area contributed by atoms with Crippen LogP contribution in [0.3, 0.4) is 0 Å². The Morgan fingerprint density at radius 2 is 1.29 bits per heavy atom. The zero-order valence-corrected chi connectivity index (χ0v) is 22.6. The predicted octanol–water partition coefficient (Wildman–Crippen LogP) is 6.52. The normalized spacial score (nSPS) is 17.9. The molecule has 0 radical (unpaired) electrons. The minimum atomic E-state index is -1.49. The molecule has 3 aromatic rings. The SMILES string of the molecule is CC(C)(C)OC(=O)NC(c1ccccc1)C1(c2ccccc2)C(=O)N(C(=O)OC(C)(C)C)c2ccccc21. The molecule has 1 N–H and O–H groups in total. The van der Waals surface area contributed by atoms with Crippen molar-refractivity contribution in [3.8, 4) is 0 Å². The summed E-state index contributed by atoms with van der Waals surface area (Å²) in [5.74, 6) is -0.524. The molecule has 0 saturated carbocycles. The van der Waals surface area contributed by atoms with Gasteiger partial charge in [-0.05, 0) is 64.3 Å². The standard InChI is InChI=1S/C31H34N2O5/c1-29(2,3)37-27(35)32-25(21-15-9-7-10-16-21)31(22-17-11-8-12-18-22)23-19-13-14-20-24(23)33(26(31)34)28(36)38-30(4,5)6/h7-20,25H,1-6H3,(H,32,35). The Morgan fingerprint density at radius 1 is 0.763 bits per heavy atom. The van der Waals surface area contributed by atoms with Gasteiger partial charge in [-0.3, -0.25) is 4.79 Å². The molecule has 0 saturated heterocycles. The highest BCUT2D eigenvalue weighted by Gasteiger charge is 2.60. The van der Waals surface area contributed by atoms with Gasteiger partial charge in [0.15, 0.2) is 0 Å². The number of ether oxygens (including phenoxy) is 2. The van der Waals surface area contributed by atoms with Gasteiger partial charge in [-0.25, -0.2) is 14.5 Å². The number of carbonyl (C=O) groups excluding carboxylic acids is 3. The van der Waals surface area contributed by atoms with Crippen LogP contribution in [0.4, 0.5) is 15.3 Å². The number of fused-ring (bicyclic) bond motifs is 1. The monoisotopic (exact) mass is 514 g/mol. The highest BCUT2D eigenvalue weighted by Crippen LogP contribution is 2.53. The lowest BCUT2D eigenvalue weighted by molar-refractivity contribution is -0.122. The molecule has 0 bridgehead atoms. The number of amides is 3. The van der Waals surface area contributed by atoms with E-state index in [2.05, 4.69) is 5.32 Å². The van der Waals surface area contributed by atoms with Gasteiger partial charge in [-0.15, -0.1) is 0 Å². The van der Waals surface area contributed by atoms with Gasteiger partial charge in [0.2, 0.25) is 0 Å². The van der Waals surface area contributed by atoms with Crippen molar-refractivity contribution in [1.82, 2.24) is 5.32 Å². The van der Waals surface area contributed by atoms with E-state index in [0.717, 1.165) is 4.90 Å². The van der Waals surface area contributed by atoms with Gasteiger partial charge < -0.3 is 14.8 Å². The van der Waals surface area contributed by atoms with Crippen LogP contribution in [0.1, 0.15) is 64.3 Å². The van der Waals surface area contributed by atoms with Crippen molar-refractivity contribution in [2.75, 3.05) is 4.90 Å². The Hall–Kier alpha value is -4.13. The number of para-hydroxylation sites is 1. The molecule has 2 atom stereocenters. The average molecular weight is 515 g/mol. The van der Waals surface area contributed by atoms with Crippen molar-refractivity contribution in [1.29, 1.82) is 0 Å². The number of hydrogen-bond acceptors (Lipinski definition) is 5. The highest BCUT2D eigenvalue weighted by atomic mass is 16.6. The van der Waals surface area contributed by atoms with E-state index in [1.54, 1.807) is 53.7 Å². The third kappa shape index (κ3) is 5.14. The second-order valence-corrected chi connectivity index (χ2v) is 11.3. The third-order valence-electron chi connectivity index (χ3n) is 6.14. The molecule has 0 aliphatic carbocycles. The molecule has 3 aromatic carbocycles. The largest absolute Gasteiger partial charge is 0.444 e. The fourth-order valence-corrected chi connectivity index (χ4v) is 4.83. The maximum Gasteiger partial charge on any atom is 0.421 e. The summed E-state index contributed by atoms with van der Waals surface area (Å²) in [6.07, 6.45) is -1.46. The van der Waals surface area contributed by atoms with Crippen LogP contribution >= 0.6 is 0 Å². The first-order valence-corrected chi connectivity index (χ1v) is 12.6. The van der Waals surface area contributed by atoms with Gasteiger partial charge >= 0.3 is 12.2 Å². The topological polar surface area (TPSA) is 84.9 Å². The predicted molar refractivity (Wildman–Crippen MR) is 146 cm³/mol. The molecule has 198 valence electrons. The molecule has 38 heavy (non-hydrogen) atoms. The molecule has 0 spiro atoms. The number of anilines is 1. The molecular weight excluding hydrogens is 480 g/mol. The van der Waals surface area contributed by atoms with Gasteiger partial charge in [0.25, 0.3) is 5.91 Å². The highest BCUT2D eigenvalue weighted by molar-refractivity contribution is 6.23. The van der Waals surface area contributed by atoms with E-state index in [0.29, 0.717) is 22.4 Å². The molecule has 7 nitrogen and oxygen atoms in total. The van der Waals surface area contributed by atoms with Crippen LogP contribution in [0.2, 0.25) is 0 Å². The van der Waals surface area contributed by atoms with Crippen molar-refractivity contribution in [2.24, 2.45) is 0 Å². The van der Waals surface area contributed by atoms with Crippen molar-refractivity contribution in [2.45, 2.75) is 64.2 Å². The smallest absolute Gasteiger partial charge is 0.421 e. The number of imide groups is 1. The quantitative estimate of drug-likeness (QED) is 0.428. The van der Waals surface area contributed by atoms with E-state index in [-0.39, 0.29) is 0 Å². The third-order valence-corrected chi connectivity index (χ3v) is 6.14. The number of alkyl carbamates (subject to hydrolysis) is 1. The molecule has 1 aliphatic rings. The minimum Gasteiger partial charge on any atom is -0.444 e. The van der Waals surface area contributed by atoms with Crippen LogP contribution < -0.4 is 10.2 Å². The lowest BCUT2D eigenvalue weighted by Crippen LogP contribution is -2.53. The summed E-state index contributed by atoms with van der Waals surface area (Å²) >= 11 is 0. The second kappa shape index (κ2) is 9.97. The fraction of sp³-hybridized carbons (Fsp3) is 0.323. The Labute approximate surface area is 223 Å². The number of rotatable bonds is 4. The van der Waals surface area contributed by atoms with Gasteiger partial charge in [-0.1, -0.05) is 78.9 Å². The summed E-state index contributed by atoms with van der Waals surface area (Å²) in [7, 11) is 0. The van der Waals surface area contributed by atoms with Gasteiger partial charge in [-0.2, -0.15) is 0 Å². The van der Waals surface area contributed by atoms with E-state index in [1.807, 2.05) is 72.8 Å². The lowest BCUT2D eigenvalue weighted by Gasteiger charge is -2.38. The Balaban J connectivity index is 2.00. The zero-order valence-electron chi connectivity index (χ0n) is 22.6. The molecule has 7 heteroatoms. The molecule has 1 aliphatic heterocycles. The second-order valence-electron chi connectivity index (χ2n) is 11.3. The summed E-state index contributed by atoms with van der Waals surface area (Å²) in [4.78, 5) is 42.5. The van der Waals surface area contributed by atoms with Crippen molar-refractivity contribution >= 4 is 23.8 Å². The molecular formula is C31H34N2O5. The number of nitrogens with one attached hydrogen (secondary N) is 1. The van der Waals surface area contributed by atoms with Gasteiger partial charge in [0.05, 0.1) is 11.7 Å². The summed E-state index contributed by atoms with van der Waals surface area (Å²) in [5, 5.41) is 2.99. The first-order chi connectivity index (χ1) is 17.8. The summed E-state index contributed by atoms with van der Waals surface area (Å²) in [6.45, 7) is 10.6. The number of benzene rings is 3. The summed E-state index contributed by atoms with van der Waals surface area (Å²) in [5.41, 5.74) is -0.796. The first-order valence-electron chi connectivity index (χ1n) is 12.6. The van der Waals surface area contributed by atoms with Gasteiger partial charge in [0, 0.05) is 0 Å². The van der Waals surface area contributed by atoms with Crippen LogP contribution in [0.25, 0.3) is 0 Å². The van der Waals surface area contributed by atoms with E-state index in [4.69, 9.17) is 9.47 Å². The van der Waals surface area contributed by atoms with E-state index in [1.165, 1.54) is 0 Å². The van der Waals surface area contributed by atoms with Crippen LogP contribution in [0, 0.1) is 0 Å². The first kappa shape index (κ1) is 26.9. The molecule has 0 aromatic heterocycles. The van der Waals surface area contributed by atoms with E-state index >= 15 is 0 Å². The maximum absolute atomic E-state index is 14.7.